The maximum atomic E-state index is 14.3. The Bertz CT molecular complexity index is 1920. The van der Waals surface area contributed by atoms with Gasteiger partial charge in [0.05, 0.1) is 18.0 Å². The van der Waals surface area contributed by atoms with Crippen LogP contribution in [-0.4, -0.2) is 91.5 Å². The van der Waals surface area contributed by atoms with E-state index in [9.17, 15) is 37.2 Å². The van der Waals surface area contributed by atoms with Crippen molar-refractivity contribution in [3.63, 3.8) is 0 Å². The van der Waals surface area contributed by atoms with Gasteiger partial charge in [-0.15, -0.1) is 0 Å². The van der Waals surface area contributed by atoms with Crippen molar-refractivity contribution in [3.05, 3.63) is 102 Å². The number of carbonyl (C=O) groups excluding carboxylic acids is 6. The van der Waals surface area contributed by atoms with Gasteiger partial charge in [0.15, 0.2) is 18.2 Å². The first-order chi connectivity index (χ1) is 24.2. The lowest BCUT2D eigenvalue weighted by molar-refractivity contribution is -0.147. The Morgan fingerprint density at radius 1 is 0.843 bits per heavy atom. The molecule has 2 fully saturated rings. The highest BCUT2D eigenvalue weighted by atomic mass is 32.2. The summed E-state index contributed by atoms with van der Waals surface area (Å²) in [5.41, 5.74) is 1.81. The molecule has 268 valence electrons. The van der Waals surface area contributed by atoms with Crippen LogP contribution in [0.4, 0.5) is 9.59 Å². The number of ether oxygens (including phenoxy) is 3. The fraction of sp³-hybridized carbons (Fsp3) is 0.314. The number of nitrogens with one attached hydrogen (secondary N) is 2. The fourth-order valence-corrected chi connectivity index (χ4v) is 7.05. The monoisotopic (exact) mass is 720 g/mol. The Hall–Kier alpha value is -5.61. The standard InChI is InChI=1S/C35H36N4O11S/c1-20-15-17-25(18-16-20)51(46,47)37-21(2)31(41)38-27(22(3)49-34(38)44)32(42)39-28(29(50-35(39)45)24-13-9-6-10-14-24)30(40)36-26(33(43)48-4)19-23-11-7-5-8-12-23/h5-18,21-22,26-29,37H,19H2,1-4H3,(H,36,40)/t21-,22+,26-,27-,28+,29-/m0/s1. The molecule has 0 aliphatic carbocycles. The molecule has 0 radical (unpaired) electrons. The Morgan fingerprint density at radius 3 is 2.04 bits per heavy atom. The number of cyclic esters (lactones) is 2. The lowest BCUT2D eigenvalue weighted by Gasteiger charge is -2.29. The Morgan fingerprint density at radius 2 is 1.43 bits per heavy atom. The SMILES string of the molecule is COC(=O)[C@H](Cc1ccccc1)NC(=O)[C@H]1[C@H](c2ccccc2)OC(=O)N1C(=O)[C@@H]1[C@@H](C)OC(=O)N1C(=O)[C@H](C)NS(=O)(=O)c1ccc(C)cc1. The van der Waals surface area contributed by atoms with Crippen LogP contribution in [0.5, 0.6) is 0 Å². The van der Waals surface area contributed by atoms with E-state index in [0.29, 0.717) is 20.9 Å². The van der Waals surface area contributed by atoms with Crippen LogP contribution in [0.2, 0.25) is 0 Å². The molecule has 5 amide bonds. The molecule has 0 spiro atoms. The van der Waals surface area contributed by atoms with Crippen LogP contribution < -0.4 is 10.0 Å². The minimum atomic E-state index is -4.26. The lowest BCUT2D eigenvalue weighted by Crippen LogP contribution is -2.60. The van der Waals surface area contributed by atoms with Crippen molar-refractivity contribution in [2.45, 2.75) is 68.5 Å². The summed E-state index contributed by atoms with van der Waals surface area (Å²) in [6.45, 7) is 4.24. The van der Waals surface area contributed by atoms with Gasteiger partial charge in [0.2, 0.25) is 15.9 Å². The average molecular weight is 721 g/mol. The molecule has 2 aliphatic rings. The van der Waals surface area contributed by atoms with E-state index in [2.05, 4.69) is 10.0 Å². The molecule has 15 nitrogen and oxygen atoms in total. The first-order valence-electron chi connectivity index (χ1n) is 15.9. The first kappa shape index (κ1) is 36.7. The van der Waals surface area contributed by atoms with E-state index >= 15 is 0 Å². The number of aryl methyl sites for hydroxylation is 1. The molecule has 0 unspecified atom stereocenters. The fourth-order valence-electron chi connectivity index (χ4n) is 5.86. The van der Waals surface area contributed by atoms with Gasteiger partial charge in [-0.1, -0.05) is 78.4 Å². The van der Waals surface area contributed by atoms with Crippen LogP contribution in [0, 0.1) is 6.92 Å². The van der Waals surface area contributed by atoms with E-state index < -0.39 is 82.3 Å². The van der Waals surface area contributed by atoms with Gasteiger partial charge in [0.1, 0.15) is 12.1 Å². The van der Waals surface area contributed by atoms with Crippen LogP contribution in [-0.2, 0) is 49.8 Å². The summed E-state index contributed by atoms with van der Waals surface area (Å²) in [5.74, 6) is -4.13. The van der Waals surface area contributed by atoms with Crippen molar-refractivity contribution < 1.29 is 51.4 Å². The van der Waals surface area contributed by atoms with Crippen molar-refractivity contribution >= 4 is 45.9 Å². The number of rotatable bonds is 11. The van der Waals surface area contributed by atoms with E-state index in [1.807, 2.05) is 0 Å². The van der Waals surface area contributed by atoms with Gasteiger partial charge in [0.25, 0.3) is 11.8 Å². The molecule has 5 rings (SSSR count). The third-order valence-corrected chi connectivity index (χ3v) is 10.00. The topological polar surface area (TPSA) is 195 Å². The molecule has 2 aliphatic heterocycles. The summed E-state index contributed by atoms with van der Waals surface area (Å²) in [5, 5.41) is 2.58. The number of imide groups is 2. The first-order valence-corrected chi connectivity index (χ1v) is 17.3. The van der Waals surface area contributed by atoms with Crippen molar-refractivity contribution in [1.29, 1.82) is 0 Å². The van der Waals surface area contributed by atoms with Gasteiger partial charge in [-0.05, 0) is 44.0 Å². The summed E-state index contributed by atoms with van der Waals surface area (Å²) in [6, 6.07) is 16.2. The summed E-state index contributed by atoms with van der Waals surface area (Å²) in [4.78, 5) is 82.2. The van der Waals surface area contributed by atoms with Gasteiger partial charge in [-0.25, -0.2) is 32.6 Å². The molecule has 2 saturated heterocycles. The number of nitrogens with zero attached hydrogens (tertiary/aromatic N) is 2. The maximum Gasteiger partial charge on any atom is 0.418 e. The van der Waals surface area contributed by atoms with E-state index in [0.717, 1.165) is 12.7 Å². The van der Waals surface area contributed by atoms with Gasteiger partial charge < -0.3 is 19.5 Å². The van der Waals surface area contributed by atoms with Crippen LogP contribution in [0.15, 0.2) is 89.8 Å². The minimum absolute atomic E-state index is 0.00535. The van der Waals surface area contributed by atoms with Crippen LogP contribution in [0.1, 0.15) is 36.6 Å². The van der Waals surface area contributed by atoms with Crippen molar-refractivity contribution in [3.8, 4) is 0 Å². The predicted octanol–water partition coefficient (Wildman–Crippen LogP) is 2.39. The van der Waals surface area contributed by atoms with E-state index in [1.165, 1.54) is 26.0 Å². The third kappa shape index (κ3) is 7.76. The molecule has 16 heteroatoms. The molecule has 2 N–H and O–H groups in total. The van der Waals surface area contributed by atoms with Crippen molar-refractivity contribution in [2.75, 3.05) is 7.11 Å². The Labute approximate surface area is 293 Å². The number of sulfonamides is 1. The molecule has 6 atom stereocenters. The van der Waals surface area contributed by atoms with E-state index in [4.69, 9.17) is 14.2 Å². The quantitative estimate of drug-likeness (QED) is 0.218. The van der Waals surface area contributed by atoms with Crippen LogP contribution in [0.25, 0.3) is 0 Å². The number of methoxy groups -OCH3 is 1. The van der Waals surface area contributed by atoms with Crippen LogP contribution >= 0.6 is 0 Å². The molecule has 3 aromatic carbocycles. The highest BCUT2D eigenvalue weighted by molar-refractivity contribution is 7.89. The summed E-state index contributed by atoms with van der Waals surface area (Å²) >= 11 is 0. The number of benzene rings is 3. The molecule has 0 bridgehead atoms. The summed E-state index contributed by atoms with van der Waals surface area (Å²) < 4.78 is 44.0. The lowest BCUT2D eigenvalue weighted by atomic mass is 9.99. The highest BCUT2D eigenvalue weighted by Crippen LogP contribution is 2.35. The second-order valence-corrected chi connectivity index (χ2v) is 13.8. The maximum absolute atomic E-state index is 14.3. The predicted molar refractivity (Wildman–Crippen MR) is 178 cm³/mol. The number of amides is 5. The van der Waals surface area contributed by atoms with E-state index in [1.54, 1.807) is 79.7 Å². The smallest absolute Gasteiger partial charge is 0.418 e. The molecule has 0 aromatic heterocycles. The Kier molecular flexibility index (Phi) is 10.9. The van der Waals surface area contributed by atoms with Gasteiger partial charge in [-0.3, -0.25) is 14.4 Å². The zero-order chi connectivity index (χ0) is 37.0. The molecular weight excluding hydrogens is 684 g/mol. The number of hydrogen-bond donors (Lipinski definition) is 2. The number of hydrogen-bond acceptors (Lipinski definition) is 11. The normalized spacial score (nSPS) is 21.3. The van der Waals surface area contributed by atoms with E-state index in [-0.39, 0.29) is 11.3 Å². The summed E-state index contributed by atoms with van der Waals surface area (Å²) in [6.07, 6.45) is -5.23. The summed E-state index contributed by atoms with van der Waals surface area (Å²) in [7, 11) is -3.11. The number of carbonyl (C=O) groups is 6. The average Bonchev–Trinajstić information content (AvgIpc) is 3.62. The molecular formula is C35H36N4O11S. The molecule has 51 heavy (non-hydrogen) atoms. The largest absolute Gasteiger partial charge is 0.467 e. The minimum Gasteiger partial charge on any atom is -0.467 e. The highest BCUT2D eigenvalue weighted by Gasteiger charge is 2.57. The van der Waals surface area contributed by atoms with Gasteiger partial charge >= 0.3 is 18.2 Å². The Balaban J connectivity index is 1.45. The van der Waals surface area contributed by atoms with Crippen LogP contribution in [0.3, 0.4) is 0 Å². The number of esters is 1. The van der Waals surface area contributed by atoms with Crippen molar-refractivity contribution in [1.82, 2.24) is 19.8 Å². The zero-order valence-corrected chi connectivity index (χ0v) is 28.9. The molecule has 0 saturated carbocycles. The third-order valence-electron chi connectivity index (χ3n) is 8.44. The second-order valence-electron chi connectivity index (χ2n) is 12.0. The van der Waals surface area contributed by atoms with Gasteiger partial charge in [0, 0.05) is 6.42 Å². The molecule has 3 aromatic rings. The zero-order valence-electron chi connectivity index (χ0n) is 28.0. The van der Waals surface area contributed by atoms with Gasteiger partial charge in [-0.2, -0.15) is 4.72 Å². The van der Waals surface area contributed by atoms with Crippen molar-refractivity contribution in [2.24, 2.45) is 0 Å². The molecule has 2 heterocycles. The second kappa shape index (κ2) is 15.1.